The van der Waals surface area contributed by atoms with Crippen LogP contribution in [0.25, 0.3) is 0 Å². The predicted molar refractivity (Wildman–Crippen MR) is 36.9 cm³/mol. The van der Waals surface area contributed by atoms with E-state index in [1.54, 1.807) is 6.26 Å². The maximum Gasteiger partial charge on any atom is 0.0883 e. The molecular weight excluding hydrogens is 122 g/mol. The lowest BCUT2D eigenvalue weighted by Gasteiger charge is -2.01. The van der Waals surface area contributed by atoms with Gasteiger partial charge in [-0.05, 0) is 5.92 Å². The number of rotatable bonds is 3. The van der Waals surface area contributed by atoms with Crippen LogP contribution >= 0.6 is 0 Å². The molecular formula is C5H13NOS. The van der Waals surface area contributed by atoms with Crippen molar-refractivity contribution < 1.29 is 4.21 Å². The van der Waals surface area contributed by atoms with Crippen LogP contribution in [0.2, 0.25) is 0 Å². The van der Waals surface area contributed by atoms with E-state index in [0.717, 1.165) is 6.54 Å². The molecule has 0 amide bonds. The van der Waals surface area contributed by atoms with E-state index in [4.69, 9.17) is 0 Å². The third-order valence-corrected chi connectivity index (χ3v) is 1.27. The van der Waals surface area contributed by atoms with Crippen molar-refractivity contribution in [3.8, 4) is 0 Å². The zero-order chi connectivity index (χ0) is 6.57. The maximum absolute atomic E-state index is 10.3. The number of hydrogen-bond acceptors (Lipinski definition) is 1. The molecule has 0 bridgehead atoms. The Balaban J connectivity index is 3.05. The zero-order valence-electron chi connectivity index (χ0n) is 5.60. The first-order chi connectivity index (χ1) is 3.63. The molecule has 0 aliphatic carbocycles. The molecule has 0 saturated carbocycles. The van der Waals surface area contributed by atoms with Gasteiger partial charge in [-0.25, -0.2) is 8.93 Å². The quantitative estimate of drug-likeness (QED) is 0.600. The van der Waals surface area contributed by atoms with Crippen molar-refractivity contribution in [1.29, 1.82) is 0 Å². The molecule has 0 aromatic heterocycles. The standard InChI is InChI=1S/C5H13NOS/c1-5(2)4-6-8(3)7/h5-6H,4H2,1-3H3. The fraction of sp³-hybridized carbons (Fsp3) is 1.00. The van der Waals surface area contributed by atoms with Crippen LogP contribution < -0.4 is 4.72 Å². The van der Waals surface area contributed by atoms with E-state index in [1.165, 1.54) is 0 Å². The molecule has 50 valence electrons. The fourth-order valence-electron chi connectivity index (χ4n) is 0.284. The van der Waals surface area contributed by atoms with Crippen LogP contribution in [-0.2, 0) is 11.0 Å². The minimum absolute atomic E-state index is 0.582. The summed E-state index contributed by atoms with van der Waals surface area (Å²) in [4.78, 5) is 0. The monoisotopic (exact) mass is 135 g/mol. The summed E-state index contributed by atoms with van der Waals surface area (Å²) in [6, 6.07) is 0. The lowest BCUT2D eigenvalue weighted by atomic mass is 10.2. The Morgan fingerprint density at radius 1 is 1.62 bits per heavy atom. The summed E-state index contributed by atoms with van der Waals surface area (Å²) in [5.74, 6) is 0.582. The first-order valence-electron chi connectivity index (χ1n) is 2.70. The number of nitrogens with one attached hydrogen (secondary N) is 1. The Kier molecular flexibility index (Phi) is 4.09. The van der Waals surface area contributed by atoms with Gasteiger partial charge in [-0.1, -0.05) is 13.8 Å². The third kappa shape index (κ3) is 6.11. The van der Waals surface area contributed by atoms with Gasteiger partial charge >= 0.3 is 0 Å². The van der Waals surface area contributed by atoms with E-state index in [0.29, 0.717) is 5.92 Å². The molecule has 1 N–H and O–H groups in total. The Morgan fingerprint density at radius 2 is 2.12 bits per heavy atom. The van der Waals surface area contributed by atoms with Gasteiger partial charge in [0.2, 0.25) is 0 Å². The van der Waals surface area contributed by atoms with E-state index in [1.807, 2.05) is 0 Å². The van der Waals surface area contributed by atoms with Crippen molar-refractivity contribution in [2.45, 2.75) is 13.8 Å². The highest BCUT2D eigenvalue weighted by molar-refractivity contribution is 7.82. The van der Waals surface area contributed by atoms with Gasteiger partial charge < -0.3 is 0 Å². The molecule has 0 fully saturated rings. The van der Waals surface area contributed by atoms with E-state index >= 15 is 0 Å². The molecule has 0 aliphatic rings. The summed E-state index contributed by atoms with van der Waals surface area (Å²) in [6.07, 6.45) is 1.64. The van der Waals surface area contributed by atoms with Gasteiger partial charge in [0.25, 0.3) is 0 Å². The molecule has 0 rings (SSSR count). The smallest absolute Gasteiger partial charge is 0.0883 e. The summed E-state index contributed by atoms with van der Waals surface area (Å²) in [6.45, 7) is 5.00. The first kappa shape index (κ1) is 8.11. The van der Waals surface area contributed by atoms with Crippen molar-refractivity contribution in [2.24, 2.45) is 5.92 Å². The second-order valence-electron chi connectivity index (χ2n) is 2.20. The Bertz CT molecular complexity index is 82.5. The van der Waals surface area contributed by atoms with E-state index < -0.39 is 11.0 Å². The van der Waals surface area contributed by atoms with Gasteiger partial charge in [0.1, 0.15) is 0 Å². The van der Waals surface area contributed by atoms with Gasteiger partial charge in [0, 0.05) is 12.8 Å². The summed E-state index contributed by atoms with van der Waals surface area (Å²) in [7, 11) is -0.836. The predicted octanol–water partition coefficient (Wildman–Crippen LogP) is 0.526. The largest absolute Gasteiger partial charge is 0.243 e. The molecule has 1 unspecified atom stereocenters. The summed E-state index contributed by atoms with van der Waals surface area (Å²) >= 11 is 0. The topological polar surface area (TPSA) is 29.1 Å². The molecule has 2 nitrogen and oxygen atoms in total. The van der Waals surface area contributed by atoms with Crippen LogP contribution in [-0.4, -0.2) is 17.0 Å². The molecule has 0 aromatic rings. The summed E-state index contributed by atoms with van der Waals surface area (Å²) in [5.41, 5.74) is 0. The summed E-state index contributed by atoms with van der Waals surface area (Å²) < 4.78 is 13.2. The van der Waals surface area contributed by atoms with Crippen LogP contribution in [0.1, 0.15) is 13.8 Å². The Labute approximate surface area is 53.3 Å². The van der Waals surface area contributed by atoms with Crippen LogP contribution in [0.5, 0.6) is 0 Å². The lowest BCUT2D eigenvalue weighted by Crippen LogP contribution is -2.20. The lowest BCUT2D eigenvalue weighted by molar-refractivity contribution is 0.619. The molecule has 3 heteroatoms. The fourth-order valence-corrected chi connectivity index (χ4v) is 0.852. The molecule has 0 spiro atoms. The Morgan fingerprint density at radius 3 is 2.25 bits per heavy atom. The highest BCUT2D eigenvalue weighted by Crippen LogP contribution is 1.86. The number of hydrogen-bond donors (Lipinski definition) is 1. The second-order valence-corrected chi connectivity index (χ2v) is 3.39. The minimum Gasteiger partial charge on any atom is -0.243 e. The van der Waals surface area contributed by atoms with Crippen LogP contribution in [0.3, 0.4) is 0 Å². The normalized spacial score (nSPS) is 14.5. The van der Waals surface area contributed by atoms with Crippen LogP contribution in [0, 0.1) is 5.92 Å². The van der Waals surface area contributed by atoms with Gasteiger partial charge in [-0.3, -0.25) is 0 Å². The maximum atomic E-state index is 10.3. The molecule has 0 heterocycles. The van der Waals surface area contributed by atoms with Crippen molar-refractivity contribution in [1.82, 2.24) is 4.72 Å². The first-order valence-corrected chi connectivity index (χ1v) is 4.25. The van der Waals surface area contributed by atoms with Crippen LogP contribution in [0.4, 0.5) is 0 Å². The Hall–Kier alpha value is 0.110. The van der Waals surface area contributed by atoms with Gasteiger partial charge in [0.05, 0.1) is 11.0 Å². The average Bonchev–Trinajstić information content (AvgIpc) is 1.61. The van der Waals surface area contributed by atoms with E-state index in [2.05, 4.69) is 18.6 Å². The van der Waals surface area contributed by atoms with Crippen molar-refractivity contribution in [2.75, 3.05) is 12.8 Å². The molecule has 0 radical (unpaired) electrons. The van der Waals surface area contributed by atoms with E-state index in [9.17, 15) is 4.21 Å². The minimum atomic E-state index is -0.836. The highest BCUT2D eigenvalue weighted by Gasteiger charge is 1.92. The van der Waals surface area contributed by atoms with Gasteiger partial charge in [-0.15, -0.1) is 0 Å². The zero-order valence-corrected chi connectivity index (χ0v) is 6.42. The second kappa shape index (κ2) is 4.04. The highest BCUT2D eigenvalue weighted by atomic mass is 32.2. The van der Waals surface area contributed by atoms with Crippen molar-refractivity contribution in [3.05, 3.63) is 0 Å². The van der Waals surface area contributed by atoms with Gasteiger partial charge in [0.15, 0.2) is 0 Å². The molecule has 1 atom stereocenters. The molecule has 8 heavy (non-hydrogen) atoms. The van der Waals surface area contributed by atoms with Crippen molar-refractivity contribution >= 4 is 11.0 Å². The average molecular weight is 135 g/mol. The van der Waals surface area contributed by atoms with Gasteiger partial charge in [-0.2, -0.15) is 0 Å². The van der Waals surface area contributed by atoms with Crippen molar-refractivity contribution in [3.63, 3.8) is 0 Å². The summed E-state index contributed by atoms with van der Waals surface area (Å²) in [5, 5.41) is 0. The van der Waals surface area contributed by atoms with E-state index in [-0.39, 0.29) is 0 Å². The third-order valence-electron chi connectivity index (χ3n) is 0.695. The van der Waals surface area contributed by atoms with Crippen LogP contribution in [0.15, 0.2) is 0 Å². The molecule has 0 aliphatic heterocycles. The SMILES string of the molecule is CC(C)CNS(C)=O. The molecule has 0 aromatic carbocycles. The molecule has 0 saturated heterocycles.